The monoisotopic (exact) mass is 683 g/mol. The Kier molecular flexibility index (Phi) is 9.65. The molecule has 0 atom stereocenters. The molecule has 5 rings (SSSR count). The second-order valence-electron chi connectivity index (χ2n) is 7.99. The van der Waals surface area contributed by atoms with Crippen LogP contribution in [-0.2, 0) is 32.0 Å². The molecule has 0 fully saturated rings. The molecule has 0 bridgehead atoms. The van der Waals surface area contributed by atoms with Gasteiger partial charge < -0.3 is 14.1 Å². The fourth-order valence-electron chi connectivity index (χ4n) is 3.56. The summed E-state index contributed by atoms with van der Waals surface area (Å²) in [5.74, 6) is -1.29. The minimum atomic E-state index is -0.649. The fraction of sp³-hybridized carbons (Fsp3) is 0.148. The van der Waals surface area contributed by atoms with Crippen LogP contribution in [-0.4, -0.2) is 24.1 Å². The Morgan fingerprint density at radius 1 is 0.806 bits per heavy atom. The molecule has 0 aliphatic rings. The molecule has 0 saturated heterocycles. The first kappa shape index (κ1) is 27.4. The topological polar surface area (TPSA) is 48.5 Å². The van der Waals surface area contributed by atoms with Crippen molar-refractivity contribution in [2.24, 2.45) is 14.1 Å². The Morgan fingerprint density at radius 3 is 1.83 bits per heavy atom. The van der Waals surface area contributed by atoms with E-state index in [1.165, 1.54) is 29.0 Å². The Labute approximate surface area is 224 Å². The van der Waals surface area contributed by atoms with Gasteiger partial charge in [0.25, 0.3) is 0 Å². The molecule has 9 heteroatoms. The van der Waals surface area contributed by atoms with Crippen LogP contribution in [0.1, 0.15) is 11.1 Å². The third-order valence-electron chi connectivity index (χ3n) is 5.17. The second-order valence-corrected chi connectivity index (χ2v) is 7.99. The molecule has 36 heavy (non-hydrogen) atoms. The third kappa shape index (κ3) is 6.72. The summed E-state index contributed by atoms with van der Waals surface area (Å²) < 4.78 is 29.7. The molecule has 186 valence electrons. The van der Waals surface area contributed by atoms with Gasteiger partial charge in [0.05, 0.1) is 12.7 Å². The van der Waals surface area contributed by atoms with Crippen LogP contribution in [0.2, 0.25) is 0 Å². The molecule has 2 aromatic carbocycles. The first-order chi connectivity index (χ1) is 17.3. The third-order valence-corrected chi connectivity index (χ3v) is 5.17. The van der Waals surface area contributed by atoms with Gasteiger partial charge in [0.15, 0.2) is 0 Å². The molecule has 0 saturated carbocycles. The van der Waals surface area contributed by atoms with Crippen molar-refractivity contribution in [1.29, 1.82) is 0 Å². The normalized spacial score (nSPS) is 10.2. The van der Waals surface area contributed by atoms with Crippen LogP contribution in [0.5, 0.6) is 0 Å². The van der Waals surface area contributed by atoms with E-state index in [4.69, 9.17) is 0 Å². The number of aryl methyl sites for hydroxylation is 4. The van der Waals surface area contributed by atoms with Crippen LogP contribution in [0.3, 0.4) is 0 Å². The molecule has 3 aromatic heterocycles. The molecular weight excluding hydrogens is 660 g/mol. The van der Waals surface area contributed by atoms with Gasteiger partial charge in [-0.2, -0.15) is 0 Å². The summed E-state index contributed by atoms with van der Waals surface area (Å²) in [6.07, 6.45) is 9.19. The van der Waals surface area contributed by atoms with E-state index in [0.717, 1.165) is 34.6 Å². The molecular formula is C27H23ClF2IrN5. The molecule has 0 radical (unpaired) electrons. The van der Waals surface area contributed by atoms with E-state index in [2.05, 4.69) is 56.6 Å². The van der Waals surface area contributed by atoms with Gasteiger partial charge >= 0.3 is 27.5 Å². The summed E-state index contributed by atoms with van der Waals surface area (Å²) in [7, 11) is 8.58. The predicted molar refractivity (Wildman–Crippen MR) is 133 cm³/mol. The summed E-state index contributed by atoms with van der Waals surface area (Å²) in [4.78, 5) is 12.8. The summed E-state index contributed by atoms with van der Waals surface area (Å²) in [6.45, 7) is 4.19. The maximum atomic E-state index is 13.2. The number of benzene rings is 2. The number of hydrogen-bond donors (Lipinski definition) is 0. The van der Waals surface area contributed by atoms with E-state index in [-0.39, 0.29) is 5.56 Å². The van der Waals surface area contributed by atoms with Crippen molar-refractivity contribution in [1.82, 2.24) is 24.1 Å². The average Bonchev–Trinajstić information content (AvgIpc) is 3.49. The molecule has 0 amide bonds. The second kappa shape index (κ2) is 12.7. The molecule has 0 aliphatic carbocycles. The number of rotatable bonds is 3. The zero-order valence-electron chi connectivity index (χ0n) is 20.1. The Balaban J connectivity index is 0.000000198. The van der Waals surface area contributed by atoms with Crippen molar-refractivity contribution >= 4 is 9.58 Å². The van der Waals surface area contributed by atoms with Crippen LogP contribution in [0.15, 0.2) is 67.6 Å². The van der Waals surface area contributed by atoms with Crippen molar-refractivity contribution in [3.05, 3.63) is 103 Å². The van der Waals surface area contributed by atoms with Gasteiger partial charge in [-0.3, -0.25) is 18.7 Å². The molecule has 0 N–H and O–H groups in total. The zero-order valence-corrected chi connectivity index (χ0v) is 23.2. The van der Waals surface area contributed by atoms with E-state index in [0.29, 0.717) is 5.69 Å². The number of nitrogens with zero attached hydrogens (tertiary/aromatic N) is 5. The van der Waals surface area contributed by atoms with Crippen molar-refractivity contribution < 1.29 is 26.7 Å². The maximum absolute atomic E-state index is 13.2. The van der Waals surface area contributed by atoms with Gasteiger partial charge in [-0.05, 0) is 24.2 Å². The Bertz CT molecular complexity index is 1370. The van der Waals surface area contributed by atoms with E-state index in [1.54, 1.807) is 24.4 Å². The quantitative estimate of drug-likeness (QED) is 0.207. The molecule has 5 aromatic rings. The summed E-state index contributed by atoms with van der Waals surface area (Å²) in [6, 6.07) is 15.2. The molecule has 5 nitrogen and oxygen atoms in total. The van der Waals surface area contributed by atoms with Crippen molar-refractivity contribution in [3.8, 4) is 33.8 Å². The summed E-state index contributed by atoms with van der Waals surface area (Å²) in [5.41, 5.74) is 6.97. The van der Waals surface area contributed by atoms with E-state index in [1.807, 2.05) is 48.3 Å². The molecule has 0 aliphatic heterocycles. The molecule has 0 unspecified atom stereocenters. The van der Waals surface area contributed by atoms with Crippen LogP contribution in [0.25, 0.3) is 33.8 Å². The number of pyridine rings is 1. The predicted octanol–water partition coefficient (Wildman–Crippen LogP) is 6.42. The number of aromatic nitrogens is 5. The number of imidazole rings is 2. The van der Waals surface area contributed by atoms with Gasteiger partial charge in [0.2, 0.25) is 0 Å². The van der Waals surface area contributed by atoms with Crippen LogP contribution < -0.4 is 0 Å². The van der Waals surface area contributed by atoms with Crippen LogP contribution >= 0.6 is 9.58 Å². The average molecular weight is 683 g/mol. The SMILES string of the molecule is Cc1cc(C)c(-c2cn(C)cn2)[c-]c1-c1cn(C)cn1.Fc1c[c-]c(-c2ccccn2)c(F)c1.[Cl][Ir+2]. The van der Waals surface area contributed by atoms with Gasteiger partial charge in [0.1, 0.15) is 0 Å². The van der Waals surface area contributed by atoms with E-state index < -0.39 is 11.6 Å². The van der Waals surface area contributed by atoms with Gasteiger partial charge in [-0.15, -0.1) is 35.4 Å². The fourth-order valence-corrected chi connectivity index (χ4v) is 3.56. The van der Waals surface area contributed by atoms with Crippen molar-refractivity contribution in [2.75, 3.05) is 0 Å². The van der Waals surface area contributed by atoms with Gasteiger partial charge in [-0.1, -0.05) is 48.7 Å². The van der Waals surface area contributed by atoms with E-state index >= 15 is 0 Å². The first-order valence-electron chi connectivity index (χ1n) is 10.7. The van der Waals surface area contributed by atoms with Crippen molar-refractivity contribution in [3.63, 3.8) is 0 Å². The van der Waals surface area contributed by atoms with Gasteiger partial charge in [0, 0.05) is 43.3 Å². The van der Waals surface area contributed by atoms with E-state index in [9.17, 15) is 8.78 Å². The van der Waals surface area contributed by atoms with Crippen LogP contribution in [0, 0.1) is 37.6 Å². The molecule has 3 heterocycles. The summed E-state index contributed by atoms with van der Waals surface area (Å²) >= 11 is 1.47. The Morgan fingerprint density at radius 2 is 1.39 bits per heavy atom. The minimum absolute atomic E-state index is 0.187. The van der Waals surface area contributed by atoms with Crippen LogP contribution in [0.4, 0.5) is 8.78 Å². The van der Waals surface area contributed by atoms with Gasteiger partial charge in [-0.25, -0.2) is 0 Å². The van der Waals surface area contributed by atoms with Crippen molar-refractivity contribution in [2.45, 2.75) is 13.8 Å². The number of hydrogen-bond acceptors (Lipinski definition) is 3. The zero-order chi connectivity index (χ0) is 26.2. The molecule has 0 spiro atoms. The standard InChI is InChI=1S/C16H17N4.C11H6F2N.ClH.Ir/c1-11-5-12(2)14(16-8-20(4)10-18-16)6-13(11)15-7-19(3)9-17-15;12-8-4-5-9(10(13)7-8)11-3-1-2-6-14-11;;/h5,7-10H,1-4H3;1-4,6-7H;1H;/q2*-1;;+3/p-1. The Hall–Kier alpha value is -3.19. The number of halogens is 3. The first-order valence-corrected chi connectivity index (χ1v) is 13.7. The summed E-state index contributed by atoms with van der Waals surface area (Å²) in [5, 5.41) is 0.